The van der Waals surface area contributed by atoms with Gasteiger partial charge in [0.1, 0.15) is 18.4 Å². The van der Waals surface area contributed by atoms with Gasteiger partial charge in [-0.2, -0.15) is 0 Å². The summed E-state index contributed by atoms with van der Waals surface area (Å²) in [6.45, 7) is 0.784. The lowest BCUT2D eigenvalue weighted by Gasteiger charge is -2.32. The molecule has 1 aliphatic rings. The Morgan fingerprint density at radius 2 is 1.74 bits per heavy atom. The van der Waals surface area contributed by atoms with Gasteiger partial charge >= 0.3 is 0 Å². The fourth-order valence-electron chi connectivity index (χ4n) is 4.03. The number of rotatable bonds is 9. The molecule has 1 atom stereocenters. The molecule has 3 rings (SSSR count). The molecule has 1 N–H and O–H groups in total. The van der Waals surface area contributed by atoms with Crippen LogP contribution in [0.15, 0.2) is 48.5 Å². The van der Waals surface area contributed by atoms with E-state index in [0.717, 1.165) is 36.2 Å². The topological polar surface area (TPSA) is 86.8 Å². The van der Waals surface area contributed by atoms with Crippen LogP contribution in [-0.2, 0) is 26.2 Å². The summed E-state index contributed by atoms with van der Waals surface area (Å²) in [6, 6.07) is 11.3. The van der Waals surface area contributed by atoms with Crippen molar-refractivity contribution in [3.63, 3.8) is 0 Å². The normalized spacial score (nSPS) is 15.1. The molecular formula is C24H29ClFN3O4S. The summed E-state index contributed by atoms with van der Waals surface area (Å²) < 4.78 is 40.4. The highest BCUT2D eigenvalue weighted by molar-refractivity contribution is 7.92. The fourth-order valence-corrected chi connectivity index (χ4v) is 5.18. The third kappa shape index (κ3) is 6.48. The van der Waals surface area contributed by atoms with Crippen LogP contribution in [0.5, 0.6) is 0 Å². The van der Waals surface area contributed by atoms with Crippen LogP contribution in [0.1, 0.15) is 38.2 Å². The second-order valence-corrected chi connectivity index (χ2v) is 10.8. The Morgan fingerprint density at radius 3 is 2.35 bits per heavy atom. The summed E-state index contributed by atoms with van der Waals surface area (Å²) in [5.41, 5.74) is 0.369. The van der Waals surface area contributed by atoms with Gasteiger partial charge < -0.3 is 10.2 Å². The molecule has 1 fully saturated rings. The van der Waals surface area contributed by atoms with E-state index in [9.17, 15) is 22.4 Å². The highest BCUT2D eigenvalue weighted by Crippen LogP contribution is 2.27. The van der Waals surface area contributed by atoms with Gasteiger partial charge in [-0.15, -0.1) is 0 Å². The molecule has 2 aromatic rings. The minimum Gasteiger partial charge on any atom is -0.352 e. The Morgan fingerprint density at radius 1 is 1.12 bits per heavy atom. The second-order valence-electron chi connectivity index (χ2n) is 8.50. The molecular weight excluding hydrogens is 481 g/mol. The molecule has 10 heteroatoms. The lowest BCUT2D eigenvalue weighted by molar-refractivity contribution is -0.139. The number of carbonyl (C=O) groups is 2. The highest BCUT2D eigenvalue weighted by atomic mass is 35.5. The Labute approximate surface area is 204 Å². The molecule has 2 amide bonds. The SMILES string of the molecule is C[C@H](C(=O)NC1CCCC1)N(Cc1ccccc1F)C(=O)CN(c1ccccc1Cl)S(C)(=O)=O. The Balaban J connectivity index is 1.90. The third-order valence-corrected chi connectivity index (χ3v) is 7.41. The molecule has 0 aromatic heterocycles. The maximum absolute atomic E-state index is 14.4. The van der Waals surface area contributed by atoms with Gasteiger partial charge in [0.05, 0.1) is 17.0 Å². The smallest absolute Gasteiger partial charge is 0.244 e. The van der Waals surface area contributed by atoms with Crippen molar-refractivity contribution in [1.82, 2.24) is 10.2 Å². The number of amides is 2. The first-order valence-electron chi connectivity index (χ1n) is 11.1. The van der Waals surface area contributed by atoms with Gasteiger partial charge in [-0.25, -0.2) is 12.8 Å². The zero-order valence-corrected chi connectivity index (χ0v) is 20.8. The van der Waals surface area contributed by atoms with Crippen LogP contribution in [0, 0.1) is 5.82 Å². The van der Waals surface area contributed by atoms with Crippen molar-refractivity contribution in [2.45, 2.75) is 51.2 Å². The summed E-state index contributed by atoms with van der Waals surface area (Å²) >= 11 is 6.20. The van der Waals surface area contributed by atoms with Crippen molar-refractivity contribution in [2.75, 3.05) is 17.1 Å². The van der Waals surface area contributed by atoms with E-state index in [1.54, 1.807) is 25.1 Å². The highest BCUT2D eigenvalue weighted by Gasteiger charge is 2.32. The quantitative estimate of drug-likeness (QED) is 0.558. The molecule has 0 spiro atoms. The lowest BCUT2D eigenvalue weighted by atomic mass is 10.1. The summed E-state index contributed by atoms with van der Waals surface area (Å²) in [6.07, 6.45) is 4.76. The van der Waals surface area contributed by atoms with Gasteiger partial charge in [-0.05, 0) is 38.0 Å². The van der Waals surface area contributed by atoms with E-state index in [-0.39, 0.29) is 34.8 Å². The van der Waals surface area contributed by atoms with E-state index in [1.165, 1.54) is 35.2 Å². The fraction of sp³-hybridized carbons (Fsp3) is 0.417. The number of halogens is 2. The van der Waals surface area contributed by atoms with Crippen molar-refractivity contribution >= 4 is 39.1 Å². The number of hydrogen-bond acceptors (Lipinski definition) is 4. The van der Waals surface area contributed by atoms with Crippen molar-refractivity contribution < 1.29 is 22.4 Å². The first-order valence-corrected chi connectivity index (χ1v) is 13.4. The van der Waals surface area contributed by atoms with Gasteiger partial charge in [0.25, 0.3) is 0 Å². The number of anilines is 1. The summed E-state index contributed by atoms with van der Waals surface area (Å²) in [4.78, 5) is 27.6. The van der Waals surface area contributed by atoms with E-state index in [1.807, 2.05) is 0 Å². The van der Waals surface area contributed by atoms with Crippen LogP contribution >= 0.6 is 11.6 Å². The standard InChI is InChI=1S/C24H29ClFN3O4S/c1-17(24(31)27-19-10-4-5-11-19)28(15-18-9-3-7-13-21(18)26)23(30)16-29(34(2,32)33)22-14-8-6-12-20(22)25/h3,6-9,12-14,17,19H,4-5,10-11,15-16H2,1-2H3,(H,27,31)/t17-/m1/s1. The maximum Gasteiger partial charge on any atom is 0.244 e. The molecule has 0 radical (unpaired) electrons. The number of sulfonamides is 1. The minimum absolute atomic E-state index is 0.0380. The molecule has 34 heavy (non-hydrogen) atoms. The molecule has 1 aliphatic carbocycles. The van der Waals surface area contributed by atoms with Crippen LogP contribution in [0.4, 0.5) is 10.1 Å². The van der Waals surface area contributed by atoms with Gasteiger partial charge in [0.2, 0.25) is 21.8 Å². The number of para-hydroxylation sites is 1. The number of carbonyl (C=O) groups excluding carboxylic acids is 2. The van der Waals surface area contributed by atoms with Gasteiger partial charge in [0, 0.05) is 18.2 Å². The first kappa shape index (κ1) is 26.0. The molecule has 1 saturated carbocycles. The summed E-state index contributed by atoms with van der Waals surface area (Å²) in [5.74, 6) is -1.53. The van der Waals surface area contributed by atoms with E-state index in [2.05, 4.69) is 5.32 Å². The number of nitrogens with zero attached hydrogens (tertiary/aromatic N) is 2. The molecule has 2 aromatic carbocycles. The Bertz CT molecular complexity index is 1140. The van der Waals surface area contributed by atoms with Crippen LogP contribution in [-0.4, -0.2) is 50.0 Å². The molecule has 184 valence electrons. The van der Waals surface area contributed by atoms with Crippen LogP contribution in [0.25, 0.3) is 0 Å². The van der Waals surface area contributed by atoms with E-state index >= 15 is 0 Å². The van der Waals surface area contributed by atoms with Crippen LogP contribution in [0.2, 0.25) is 5.02 Å². The van der Waals surface area contributed by atoms with Gasteiger partial charge in [-0.1, -0.05) is 54.8 Å². The predicted octanol–water partition coefficient (Wildman–Crippen LogP) is 3.72. The molecule has 0 heterocycles. The first-order chi connectivity index (χ1) is 16.1. The van der Waals surface area contributed by atoms with Crippen molar-refractivity contribution in [3.05, 3.63) is 64.9 Å². The monoisotopic (exact) mass is 509 g/mol. The van der Waals surface area contributed by atoms with Crippen LogP contribution in [0.3, 0.4) is 0 Å². The largest absolute Gasteiger partial charge is 0.352 e. The molecule has 0 bridgehead atoms. The Hall–Kier alpha value is -2.65. The maximum atomic E-state index is 14.4. The summed E-state index contributed by atoms with van der Waals surface area (Å²) in [7, 11) is -3.89. The Kier molecular flexibility index (Phi) is 8.54. The number of benzene rings is 2. The molecule has 0 unspecified atom stereocenters. The van der Waals surface area contributed by atoms with Crippen molar-refractivity contribution in [1.29, 1.82) is 0 Å². The molecule has 7 nitrogen and oxygen atoms in total. The van der Waals surface area contributed by atoms with Crippen molar-refractivity contribution in [3.8, 4) is 0 Å². The lowest BCUT2D eigenvalue weighted by Crippen LogP contribution is -2.52. The van der Waals surface area contributed by atoms with Gasteiger partial charge in [0.15, 0.2) is 0 Å². The second kappa shape index (κ2) is 11.2. The molecule has 0 aliphatic heterocycles. The van der Waals surface area contributed by atoms with Gasteiger partial charge in [-0.3, -0.25) is 13.9 Å². The molecule has 0 saturated heterocycles. The summed E-state index contributed by atoms with van der Waals surface area (Å²) in [5, 5.41) is 3.12. The van der Waals surface area contributed by atoms with Crippen molar-refractivity contribution in [2.24, 2.45) is 0 Å². The number of nitrogens with one attached hydrogen (secondary N) is 1. The third-order valence-electron chi connectivity index (χ3n) is 5.97. The van der Waals surface area contributed by atoms with E-state index < -0.39 is 34.3 Å². The van der Waals surface area contributed by atoms with E-state index in [4.69, 9.17) is 11.6 Å². The van der Waals surface area contributed by atoms with E-state index in [0.29, 0.717) is 0 Å². The van der Waals surface area contributed by atoms with Crippen LogP contribution < -0.4 is 9.62 Å². The minimum atomic E-state index is -3.89. The average Bonchev–Trinajstić information content (AvgIpc) is 3.29. The zero-order valence-electron chi connectivity index (χ0n) is 19.2. The zero-order chi connectivity index (χ0) is 24.9. The average molecular weight is 510 g/mol. The number of hydrogen-bond donors (Lipinski definition) is 1. The predicted molar refractivity (Wildman–Crippen MR) is 130 cm³/mol.